The highest BCUT2D eigenvalue weighted by Gasteiger charge is 2.15. The van der Waals surface area contributed by atoms with Crippen LogP contribution in [0.5, 0.6) is 0 Å². The molecule has 0 saturated carbocycles. The lowest BCUT2D eigenvalue weighted by Crippen LogP contribution is -2.25. The number of nitrogens with zero attached hydrogens (tertiary/aromatic N) is 3. The van der Waals surface area contributed by atoms with Gasteiger partial charge in [-0.15, -0.1) is 0 Å². The Balaban J connectivity index is 2.16. The zero-order chi connectivity index (χ0) is 17.4. The van der Waals surface area contributed by atoms with Crippen LogP contribution in [0.3, 0.4) is 0 Å². The molecule has 0 atom stereocenters. The smallest absolute Gasteiger partial charge is 0.271 e. The predicted molar refractivity (Wildman–Crippen MR) is 95.4 cm³/mol. The van der Waals surface area contributed by atoms with Gasteiger partial charge in [0.25, 0.3) is 5.91 Å². The summed E-state index contributed by atoms with van der Waals surface area (Å²) in [7, 11) is 0. The van der Waals surface area contributed by atoms with Gasteiger partial charge in [0, 0.05) is 12.1 Å². The lowest BCUT2D eigenvalue weighted by Gasteiger charge is -2.22. The van der Waals surface area contributed by atoms with Gasteiger partial charge in [-0.25, -0.2) is 0 Å². The van der Waals surface area contributed by atoms with Crippen molar-refractivity contribution in [3.63, 3.8) is 0 Å². The highest BCUT2D eigenvalue weighted by molar-refractivity contribution is 5.96. The number of unbranched alkanes of at least 4 members (excludes halogenated alkanes) is 2. The molecule has 0 fully saturated rings. The van der Waals surface area contributed by atoms with E-state index in [1.54, 1.807) is 0 Å². The molecule has 24 heavy (non-hydrogen) atoms. The molecule has 1 aromatic carbocycles. The number of aromatic nitrogens is 3. The highest BCUT2D eigenvalue weighted by Crippen LogP contribution is 2.21. The van der Waals surface area contributed by atoms with Crippen LogP contribution < -0.4 is 5.73 Å². The Kier molecular flexibility index (Phi) is 6.93. The van der Waals surface area contributed by atoms with Crippen LogP contribution in [0.15, 0.2) is 24.3 Å². The molecule has 0 aliphatic carbocycles. The number of hydrogen-bond donors (Lipinski definition) is 2. The maximum Gasteiger partial charge on any atom is 0.271 e. The molecule has 0 unspecified atom stereocenters. The van der Waals surface area contributed by atoms with E-state index in [2.05, 4.69) is 46.3 Å². The number of H-pyrrole nitrogens is 1. The van der Waals surface area contributed by atoms with Crippen LogP contribution in [0.4, 0.5) is 0 Å². The molecular formula is C18H27N5O. The second-order valence-corrected chi connectivity index (χ2v) is 6.07. The second-order valence-electron chi connectivity index (χ2n) is 6.07. The molecule has 130 valence electrons. The normalized spacial score (nSPS) is 11.1. The molecule has 6 heteroatoms. The van der Waals surface area contributed by atoms with Gasteiger partial charge in [-0.2, -0.15) is 15.4 Å². The van der Waals surface area contributed by atoms with Crippen molar-refractivity contribution in [2.45, 2.75) is 46.1 Å². The van der Waals surface area contributed by atoms with Gasteiger partial charge >= 0.3 is 0 Å². The third-order valence-electron chi connectivity index (χ3n) is 4.04. The van der Waals surface area contributed by atoms with Crippen LogP contribution in [0.2, 0.25) is 0 Å². The number of nitrogens with one attached hydrogen (secondary N) is 1. The van der Waals surface area contributed by atoms with E-state index in [-0.39, 0.29) is 5.69 Å². The molecule has 2 aromatic rings. The van der Waals surface area contributed by atoms with Crippen molar-refractivity contribution in [3.8, 4) is 11.3 Å². The molecule has 1 amide bonds. The Morgan fingerprint density at radius 2 is 1.88 bits per heavy atom. The minimum absolute atomic E-state index is 0.181. The third-order valence-corrected chi connectivity index (χ3v) is 4.04. The lowest BCUT2D eigenvalue weighted by atomic mass is 10.1. The number of primary amides is 1. The van der Waals surface area contributed by atoms with E-state index < -0.39 is 5.91 Å². The highest BCUT2D eigenvalue weighted by atomic mass is 16.1. The largest absolute Gasteiger partial charge is 0.364 e. The molecule has 1 heterocycles. The maximum atomic E-state index is 11.4. The summed E-state index contributed by atoms with van der Waals surface area (Å²) >= 11 is 0. The zero-order valence-electron chi connectivity index (χ0n) is 14.6. The summed E-state index contributed by atoms with van der Waals surface area (Å²) in [5.41, 5.74) is 8.12. The lowest BCUT2D eigenvalue weighted by molar-refractivity contribution is 0.0996. The molecule has 2 rings (SSSR count). The predicted octanol–water partition coefficient (Wildman–Crippen LogP) is 2.97. The average Bonchev–Trinajstić information content (AvgIpc) is 3.07. The van der Waals surface area contributed by atoms with Gasteiger partial charge in [-0.05, 0) is 37.6 Å². The van der Waals surface area contributed by atoms with E-state index in [4.69, 9.17) is 5.73 Å². The number of hydrogen-bond acceptors (Lipinski definition) is 4. The molecule has 0 saturated heterocycles. The zero-order valence-corrected chi connectivity index (χ0v) is 14.6. The number of amides is 1. The molecule has 0 radical (unpaired) electrons. The quantitative estimate of drug-likeness (QED) is 0.701. The molecule has 0 aliphatic heterocycles. The molecular weight excluding hydrogens is 302 g/mol. The van der Waals surface area contributed by atoms with Gasteiger partial charge in [-0.1, -0.05) is 44.9 Å². The van der Waals surface area contributed by atoms with E-state index in [0.29, 0.717) is 5.69 Å². The Morgan fingerprint density at radius 3 is 2.50 bits per heavy atom. The number of carbonyl (C=O) groups is 1. The summed E-state index contributed by atoms with van der Waals surface area (Å²) < 4.78 is 0. The van der Waals surface area contributed by atoms with Gasteiger partial charge in [0.1, 0.15) is 5.69 Å². The number of benzene rings is 1. The summed E-state index contributed by atoms with van der Waals surface area (Å²) in [6.45, 7) is 7.55. The molecule has 0 aliphatic rings. The van der Waals surface area contributed by atoms with Crippen molar-refractivity contribution in [2.24, 2.45) is 5.73 Å². The van der Waals surface area contributed by atoms with Gasteiger partial charge in [0.15, 0.2) is 5.69 Å². The van der Waals surface area contributed by atoms with Crippen LogP contribution in [0.25, 0.3) is 11.3 Å². The van der Waals surface area contributed by atoms with Crippen LogP contribution in [-0.2, 0) is 6.54 Å². The van der Waals surface area contributed by atoms with Gasteiger partial charge in [-0.3, -0.25) is 9.69 Å². The Morgan fingerprint density at radius 1 is 1.17 bits per heavy atom. The minimum atomic E-state index is -0.573. The van der Waals surface area contributed by atoms with Crippen LogP contribution in [-0.4, -0.2) is 39.3 Å². The van der Waals surface area contributed by atoms with Crippen molar-refractivity contribution < 1.29 is 4.79 Å². The minimum Gasteiger partial charge on any atom is -0.364 e. The summed E-state index contributed by atoms with van der Waals surface area (Å²) in [5.74, 6) is -0.573. The third kappa shape index (κ3) is 4.89. The Labute approximate surface area is 143 Å². The second kappa shape index (κ2) is 9.17. The maximum absolute atomic E-state index is 11.4. The SMILES string of the molecule is CCCCN(CCCC)Cc1cccc(-c2n[nH]nc2C(N)=O)c1. The first-order chi connectivity index (χ1) is 11.7. The first-order valence-corrected chi connectivity index (χ1v) is 8.68. The molecule has 1 aromatic heterocycles. The van der Waals surface area contributed by atoms with Crippen molar-refractivity contribution in [3.05, 3.63) is 35.5 Å². The van der Waals surface area contributed by atoms with Crippen LogP contribution >= 0.6 is 0 Å². The van der Waals surface area contributed by atoms with Gasteiger partial charge in [0.05, 0.1) is 0 Å². The van der Waals surface area contributed by atoms with Crippen molar-refractivity contribution in [2.75, 3.05) is 13.1 Å². The van der Waals surface area contributed by atoms with E-state index in [1.165, 1.54) is 31.2 Å². The molecule has 6 nitrogen and oxygen atoms in total. The average molecular weight is 329 g/mol. The summed E-state index contributed by atoms with van der Waals surface area (Å²) in [5, 5.41) is 10.4. The van der Waals surface area contributed by atoms with Crippen molar-refractivity contribution >= 4 is 5.91 Å². The summed E-state index contributed by atoms with van der Waals surface area (Å²) in [6, 6.07) is 8.09. The molecule has 0 spiro atoms. The number of rotatable bonds is 10. The Bertz CT molecular complexity index is 644. The topological polar surface area (TPSA) is 87.9 Å². The van der Waals surface area contributed by atoms with Crippen LogP contribution in [0, 0.1) is 0 Å². The first-order valence-electron chi connectivity index (χ1n) is 8.68. The van der Waals surface area contributed by atoms with E-state index >= 15 is 0 Å². The van der Waals surface area contributed by atoms with E-state index in [1.807, 2.05) is 12.1 Å². The van der Waals surface area contributed by atoms with Gasteiger partial charge < -0.3 is 5.73 Å². The van der Waals surface area contributed by atoms with E-state index in [9.17, 15) is 4.79 Å². The monoisotopic (exact) mass is 329 g/mol. The summed E-state index contributed by atoms with van der Waals surface area (Å²) in [4.78, 5) is 13.9. The molecule has 3 N–H and O–H groups in total. The van der Waals surface area contributed by atoms with E-state index in [0.717, 1.165) is 25.2 Å². The van der Waals surface area contributed by atoms with Crippen molar-refractivity contribution in [1.29, 1.82) is 0 Å². The fourth-order valence-corrected chi connectivity index (χ4v) is 2.71. The van der Waals surface area contributed by atoms with Crippen molar-refractivity contribution in [1.82, 2.24) is 20.3 Å². The molecule has 0 bridgehead atoms. The van der Waals surface area contributed by atoms with Gasteiger partial charge in [0.2, 0.25) is 0 Å². The number of aromatic amines is 1. The number of nitrogens with two attached hydrogens (primary N) is 1. The first kappa shape index (κ1) is 18.1. The fraction of sp³-hybridized carbons (Fsp3) is 0.500. The number of carbonyl (C=O) groups excluding carboxylic acids is 1. The van der Waals surface area contributed by atoms with Crippen LogP contribution in [0.1, 0.15) is 55.6 Å². The Hall–Kier alpha value is -2.21. The summed E-state index contributed by atoms with van der Waals surface area (Å²) in [6.07, 6.45) is 4.81. The standard InChI is InChI=1S/C18H27N5O/c1-3-5-10-23(11-6-4-2)13-14-8-7-9-15(12-14)16-17(18(19)24)21-22-20-16/h7-9,12H,3-6,10-11,13H2,1-2H3,(H2,19,24)(H,20,21,22). The fourth-order valence-electron chi connectivity index (χ4n) is 2.71.